The lowest BCUT2D eigenvalue weighted by Gasteiger charge is -2.24. The van der Waals surface area contributed by atoms with E-state index in [9.17, 15) is 14.7 Å². The van der Waals surface area contributed by atoms with Crippen LogP contribution in [0.15, 0.2) is 12.3 Å². The molecule has 1 aliphatic rings. The summed E-state index contributed by atoms with van der Waals surface area (Å²) in [7, 11) is 0. The zero-order valence-corrected chi connectivity index (χ0v) is 12.1. The average Bonchev–Trinajstić information content (AvgIpc) is 2.96. The normalized spacial score (nSPS) is 22.4. The molecule has 1 amide bonds. The molecule has 0 spiro atoms. The first kappa shape index (κ1) is 14.3. The van der Waals surface area contributed by atoms with Crippen molar-refractivity contribution in [3.63, 3.8) is 0 Å². The monoisotopic (exact) mass is 302 g/mol. The molecular weight excluding hydrogens is 288 g/mol. The Morgan fingerprint density at radius 1 is 1.63 bits per heavy atom. The van der Waals surface area contributed by atoms with Crippen LogP contribution in [0, 0.1) is 0 Å². The lowest BCUT2D eigenvalue weighted by molar-refractivity contribution is -0.143. The van der Waals surface area contributed by atoms with Crippen molar-refractivity contribution in [2.45, 2.75) is 25.4 Å². The number of rotatable bonds is 4. The number of amides is 1. The maximum atomic E-state index is 12.2. The van der Waals surface area contributed by atoms with Crippen molar-refractivity contribution in [2.75, 3.05) is 11.5 Å². The van der Waals surface area contributed by atoms with Crippen LogP contribution < -0.4 is 5.32 Å². The van der Waals surface area contributed by atoms with Crippen LogP contribution in [-0.4, -0.2) is 38.6 Å². The van der Waals surface area contributed by atoms with Gasteiger partial charge in [0.2, 0.25) is 0 Å². The molecule has 7 heteroatoms. The SMILES string of the molecule is CCn1cc(Cl)cc1C(=O)NC1(C(=O)O)CCSC1. The lowest BCUT2D eigenvalue weighted by Crippen LogP contribution is -2.55. The Morgan fingerprint density at radius 2 is 2.37 bits per heavy atom. The van der Waals surface area contributed by atoms with E-state index in [1.54, 1.807) is 16.8 Å². The molecule has 1 fully saturated rings. The van der Waals surface area contributed by atoms with Crippen molar-refractivity contribution in [3.05, 3.63) is 23.0 Å². The zero-order valence-electron chi connectivity index (χ0n) is 10.5. The fourth-order valence-corrected chi connectivity index (χ4v) is 3.64. The molecule has 19 heavy (non-hydrogen) atoms. The van der Waals surface area contributed by atoms with Gasteiger partial charge in [0.25, 0.3) is 5.91 Å². The number of nitrogens with one attached hydrogen (secondary N) is 1. The highest BCUT2D eigenvalue weighted by molar-refractivity contribution is 7.99. The number of carbonyl (C=O) groups is 2. The summed E-state index contributed by atoms with van der Waals surface area (Å²) < 4.78 is 1.70. The van der Waals surface area contributed by atoms with Gasteiger partial charge < -0.3 is 15.0 Å². The molecule has 1 unspecified atom stereocenters. The van der Waals surface area contributed by atoms with Gasteiger partial charge in [-0.15, -0.1) is 0 Å². The van der Waals surface area contributed by atoms with Crippen LogP contribution in [0.2, 0.25) is 5.02 Å². The van der Waals surface area contributed by atoms with Crippen LogP contribution in [-0.2, 0) is 11.3 Å². The Morgan fingerprint density at radius 3 is 2.89 bits per heavy atom. The number of aryl methyl sites for hydroxylation is 1. The third-order valence-corrected chi connectivity index (χ3v) is 4.62. The van der Waals surface area contributed by atoms with Gasteiger partial charge in [-0.25, -0.2) is 4.79 Å². The molecule has 1 aromatic heterocycles. The largest absolute Gasteiger partial charge is 0.479 e. The van der Waals surface area contributed by atoms with Gasteiger partial charge in [-0.2, -0.15) is 11.8 Å². The van der Waals surface area contributed by atoms with Gasteiger partial charge in [-0.05, 0) is 25.2 Å². The minimum atomic E-state index is -1.16. The van der Waals surface area contributed by atoms with Crippen molar-refractivity contribution in [1.29, 1.82) is 0 Å². The van der Waals surface area contributed by atoms with E-state index in [0.717, 1.165) is 5.75 Å². The Hall–Kier alpha value is -1.14. The van der Waals surface area contributed by atoms with Gasteiger partial charge in [-0.1, -0.05) is 11.6 Å². The molecule has 2 heterocycles. The number of carbonyl (C=O) groups excluding carboxylic acids is 1. The summed E-state index contributed by atoms with van der Waals surface area (Å²) in [6.45, 7) is 2.50. The molecule has 1 atom stereocenters. The molecule has 1 aromatic rings. The predicted octanol–water partition coefficient (Wildman–Crippen LogP) is 1.85. The van der Waals surface area contributed by atoms with Crippen molar-refractivity contribution in [2.24, 2.45) is 0 Å². The van der Waals surface area contributed by atoms with Gasteiger partial charge in [-0.3, -0.25) is 4.79 Å². The van der Waals surface area contributed by atoms with E-state index in [1.807, 2.05) is 6.92 Å². The number of hydrogen-bond donors (Lipinski definition) is 2. The second-order valence-electron chi connectivity index (χ2n) is 4.47. The quantitative estimate of drug-likeness (QED) is 0.890. The van der Waals surface area contributed by atoms with Gasteiger partial charge in [0, 0.05) is 18.5 Å². The first-order valence-corrected chi connectivity index (χ1v) is 7.51. The summed E-state index contributed by atoms with van der Waals surface area (Å²) in [5.41, 5.74) is -0.762. The molecule has 2 rings (SSSR count). The van der Waals surface area contributed by atoms with E-state index in [2.05, 4.69) is 5.32 Å². The van der Waals surface area contributed by atoms with Crippen LogP contribution in [0.4, 0.5) is 0 Å². The number of halogens is 1. The Labute approximate surface area is 120 Å². The minimum Gasteiger partial charge on any atom is -0.479 e. The maximum absolute atomic E-state index is 12.2. The van der Waals surface area contributed by atoms with Gasteiger partial charge in [0.15, 0.2) is 0 Å². The third-order valence-electron chi connectivity index (χ3n) is 3.22. The average molecular weight is 303 g/mol. The van der Waals surface area contributed by atoms with Crippen LogP contribution in [0.5, 0.6) is 0 Å². The first-order chi connectivity index (χ1) is 8.98. The van der Waals surface area contributed by atoms with Crippen LogP contribution in [0.1, 0.15) is 23.8 Å². The number of aliphatic carboxylic acids is 1. The van der Waals surface area contributed by atoms with Crippen molar-refractivity contribution in [1.82, 2.24) is 9.88 Å². The molecule has 0 saturated carbocycles. The molecule has 2 N–H and O–H groups in total. The third kappa shape index (κ3) is 2.74. The molecule has 1 saturated heterocycles. The van der Waals surface area contributed by atoms with Crippen molar-refractivity contribution >= 4 is 35.2 Å². The highest BCUT2D eigenvalue weighted by Gasteiger charge is 2.43. The van der Waals surface area contributed by atoms with Crippen molar-refractivity contribution in [3.8, 4) is 0 Å². The molecule has 0 radical (unpaired) electrons. The van der Waals surface area contributed by atoms with Gasteiger partial charge in [0.1, 0.15) is 11.2 Å². The van der Waals surface area contributed by atoms with E-state index in [-0.39, 0.29) is 0 Å². The molecular formula is C12H15ClN2O3S. The van der Waals surface area contributed by atoms with E-state index in [4.69, 9.17) is 11.6 Å². The second-order valence-corrected chi connectivity index (χ2v) is 6.02. The summed E-state index contributed by atoms with van der Waals surface area (Å²) >= 11 is 7.41. The van der Waals surface area contributed by atoms with Crippen LogP contribution in [0.3, 0.4) is 0 Å². The van der Waals surface area contributed by atoms with Crippen LogP contribution in [0.25, 0.3) is 0 Å². The number of aromatic nitrogens is 1. The summed E-state index contributed by atoms with van der Waals surface area (Å²) in [6.07, 6.45) is 2.10. The maximum Gasteiger partial charge on any atom is 0.330 e. The summed E-state index contributed by atoms with van der Waals surface area (Å²) in [5.74, 6) is -0.235. The van der Waals surface area contributed by atoms with E-state index < -0.39 is 17.4 Å². The number of carboxylic acid groups (broad SMARTS) is 1. The minimum absolute atomic E-state index is 0.390. The molecule has 1 aliphatic heterocycles. The van der Waals surface area contributed by atoms with E-state index in [1.165, 1.54) is 11.8 Å². The van der Waals surface area contributed by atoms with Crippen LogP contribution >= 0.6 is 23.4 Å². The molecule has 0 bridgehead atoms. The molecule has 0 aliphatic carbocycles. The van der Waals surface area contributed by atoms with Crippen molar-refractivity contribution < 1.29 is 14.7 Å². The van der Waals surface area contributed by atoms with E-state index in [0.29, 0.717) is 29.4 Å². The highest BCUT2D eigenvalue weighted by Crippen LogP contribution is 2.29. The zero-order chi connectivity index (χ0) is 14.0. The van der Waals surface area contributed by atoms with Gasteiger partial charge >= 0.3 is 5.97 Å². The molecule has 5 nitrogen and oxygen atoms in total. The topological polar surface area (TPSA) is 71.3 Å². The predicted molar refractivity (Wildman–Crippen MR) is 74.9 cm³/mol. The standard InChI is InChI=1S/C12H15ClN2O3S/c1-2-15-6-8(13)5-9(15)10(16)14-12(11(17)18)3-4-19-7-12/h5-6H,2-4,7H2,1H3,(H,14,16)(H,17,18). The number of thioether (sulfide) groups is 1. The number of carboxylic acids is 1. The highest BCUT2D eigenvalue weighted by atomic mass is 35.5. The Bertz CT molecular complexity index is 509. The van der Waals surface area contributed by atoms with E-state index >= 15 is 0 Å². The Balaban J connectivity index is 2.22. The lowest BCUT2D eigenvalue weighted by atomic mass is 9.99. The Kier molecular flexibility index (Phi) is 4.10. The first-order valence-electron chi connectivity index (χ1n) is 5.98. The fourth-order valence-electron chi connectivity index (χ4n) is 2.09. The smallest absolute Gasteiger partial charge is 0.330 e. The molecule has 0 aromatic carbocycles. The summed E-state index contributed by atoms with van der Waals surface area (Å²) in [5, 5.41) is 12.5. The van der Waals surface area contributed by atoms with Gasteiger partial charge in [0.05, 0.1) is 5.02 Å². The summed E-state index contributed by atoms with van der Waals surface area (Å²) in [4.78, 5) is 23.6. The summed E-state index contributed by atoms with van der Waals surface area (Å²) in [6, 6.07) is 1.55. The fraction of sp³-hybridized carbons (Fsp3) is 0.500. The number of nitrogens with zero attached hydrogens (tertiary/aromatic N) is 1. The molecule has 104 valence electrons. The number of hydrogen-bond acceptors (Lipinski definition) is 3. The second kappa shape index (κ2) is 5.46.